The van der Waals surface area contributed by atoms with Crippen molar-refractivity contribution < 1.29 is 22.7 Å². The lowest BCUT2D eigenvalue weighted by Crippen LogP contribution is -2.69. The van der Waals surface area contributed by atoms with Gasteiger partial charge in [0.05, 0.1) is 5.25 Å². The molecule has 5 atom stereocenters. The normalized spacial score (nSPS) is 27.5. The van der Waals surface area contributed by atoms with Crippen LogP contribution in [0, 0.1) is 5.92 Å². The highest BCUT2D eigenvalue weighted by Crippen LogP contribution is 2.57. The average molecular weight is 593 g/mol. The van der Waals surface area contributed by atoms with Crippen molar-refractivity contribution in [2.45, 2.75) is 40.8 Å². The van der Waals surface area contributed by atoms with Gasteiger partial charge in [-0.15, -0.1) is 0 Å². The molecule has 0 aromatic heterocycles. The molecule has 2 aliphatic heterocycles. The number of β-lactam (4-membered cyclic amide) rings is 1. The van der Waals surface area contributed by atoms with Crippen LogP contribution in [-0.2, 0) is 24.2 Å². The third-order valence-electron chi connectivity index (χ3n) is 7.79. The maximum absolute atomic E-state index is 13.9. The molecule has 0 spiro atoms. The van der Waals surface area contributed by atoms with E-state index in [1.165, 1.54) is 0 Å². The van der Waals surface area contributed by atoms with E-state index >= 15 is 0 Å². The molecule has 1 saturated heterocycles. The molecule has 6 rings (SSSR count). The first-order valence-electron chi connectivity index (χ1n) is 12.6. The van der Waals surface area contributed by atoms with E-state index in [1.807, 2.05) is 91.0 Å². The van der Waals surface area contributed by atoms with E-state index in [2.05, 4.69) is 15.9 Å². The van der Waals surface area contributed by atoms with Gasteiger partial charge in [-0.25, -0.2) is 13.2 Å². The molecule has 3 unspecified atom stereocenters. The van der Waals surface area contributed by atoms with Crippen molar-refractivity contribution in [3.63, 3.8) is 0 Å². The summed E-state index contributed by atoms with van der Waals surface area (Å²) in [4.78, 5) is 27.0. The first-order valence-corrected chi connectivity index (χ1v) is 15.1. The van der Waals surface area contributed by atoms with Gasteiger partial charge in [-0.2, -0.15) is 0 Å². The van der Waals surface area contributed by atoms with Crippen LogP contribution in [-0.4, -0.2) is 40.6 Å². The number of carbonyl (C=O) groups is 2. The van der Waals surface area contributed by atoms with E-state index in [9.17, 15) is 18.0 Å². The highest BCUT2D eigenvalue weighted by molar-refractivity contribution is 9.10. The van der Waals surface area contributed by atoms with Crippen molar-refractivity contribution >= 4 is 37.6 Å². The molecule has 1 saturated carbocycles. The number of benzene rings is 3. The number of ether oxygens (including phenoxy) is 1. The van der Waals surface area contributed by atoms with Gasteiger partial charge in [0.15, 0.2) is 21.3 Å². The lowest BCUT2D eigenvalue weighted by molar-refractivity contribution is -0.151. The molecule has 2 fully saturated rings. The minimum absolute atomic E-state index is 0.0473. The summed E-state index contributed by atoms with van der Waals surface area (Å²) in [7, 11) is -3.78. The fourth-order valence-electron chi connectivity index (χ4n) is 5.91. The van der Waals surface area contributed by atoms with Crippen LogP contribution in [0.3, 0.4) is 0 Å². The van der Waals surface area contributed by atoms with E-state index in [0.29, 0.717) is 12.0 Å². The van der Waals surface area contributed by atoms with Gasteiger partial charge in [-0.1, -0.05) is 107 Å². The molecule has 0 radical (unpaired) electrons. The first kappa shape index (κ1) is 25.1. The van der Waals surface area contributed by atoms with Crippen LogP contribution in [0.25, 0.3) is 0 Å². The number of fused-ring (bicyclic) bond motifs is 1. The number of nitrogens with zero attached hydrogens (tertiary/aromatic N) is 1. The van der Waals surface area contributed by atoms with Crippen LogP contribution in [0.5, 0.6) is 0 Å². The summed E-state index contributed by atoms with van der Waals surface area (Å²) in [5.74, 6) is -1.23. The van der Waals surface area contributed by atoms with Crippen molar-refractivity contribution in [3.8, 4) is 0 Å². The number of sulfone groups is 1. The second-order valence-corrected chi connectivity index (χ2v) is 13.2. The molecule has 194 valence electrons. The largest absolute Gasteiger partial charge is 0.448 e. The quantitative estimate of drug-likeness (QED) is 0.226. The highest BCUT2D eigenvalue weighted by atomic mass is 79.9. The number of halogens is 1. The predicted molar refractivity (Wildman–Crippen MR) is 147 cm³/mol. The van der Waals surface area contributed by atoms with Crippen LogP contribution >= 0.6 is 15.9 Å². The SMILES string of the molecule is CC1=C(C(=O)OC(c2ccccc2)c2ccccc2)N2C(=O)[C@H](Br)[C@@H]2S(=O)(=O)C1C1CC1c1ccccc1. The zero-order valence-electron chi connectivity index (χ0n) is 20.6. The Morgan fingerprint density at radius 2 is 1.45 bits per heavy atom. The van der Waals surface area contributed by atoms with Gasteiger partial charge in [-0.3, -0.25) is 9.69 Å². The molecular weight excluding hydrogens is 566 g/mol. The molecule has 6 nitrogen and oxygen atoms in total. The topological polar surface area (TPSA) is 80.8 Å². The van der Waals surface area contributed by atoms with Crippen LogP contribution in [0.4, 0.5) is 0 Å². The Kier molecular flexibility index (Phi) is 6.27. The Morgan fingerprint density at radius 3 is 2.00 bits per heavy atom. The number of hydrogen-bond donors (Lipinski definition) is 0. The molecule has 1 amide bonds. The molecule has 8 heteroatoms. The van der Waals surface area contributed by atoms with Crippen molar-refractivity contribution in [3.05, 3.63) is 119 Å². The molecule has 0 N–H and O–H groups in total. The van der Waals surface area contributed by atoms with Gasteiger partial charge in [-0.05, 0) is 47.4 Å². The van der Waals surface area contributed by atoms with Crippen molar-refractivity contribution in [1.82, 2.24) is 4.90 Å². The smallest absolute Gasteiger partial charge is 0.356 e. The van der Waals surface area contributed by atoms with E-state index < -0.39 is 43.3 Å². The van der Waals surface area contributed by atoms with Gasteiger partial charge in [0.25, 0.3) is 0 Å². The summed E-state index contributed by atoms with van der Waals surface area (Å²) in [5, 5.41) is -1.99. The zero-order chi connectivity index (χ0) is 26.6. The Hall–Kier alpha value is -3.23. The van der Waals surface area contributed by atoms with Gasteiger partial charge in [0, 0.05) is 0 Å². The number of alkyl halides is 1. The van der Waals surface area contributed by atoms with E-state index in [0.717, 1.165) is 21.6 Å². The lowest BCUT2D eigenvalue weighted by atomic mass is 9.99. The minimum Gasteiger partial charge on any atom is -0.448 e. The predicted octanol–water partition coefficient (Wildman–Crippen LogP) is 5.13. The van der Waals surface area contributed by atoms with Crippen LogP contribution < -0.4 is 0 Å². The average Bonchev–Trinajstić information content (AvgIpc) is 3.72. The lowest BCUT2D eigenvalue weighted by Gasteiger charge is -2.49. The number of amides is 1. The van der Waals surface area contributed by atoms with Crippen LogP contribution in [0.2, 0.25) is 0 Å². The Balaban J connectivity index is 1.40. The Morgan fingerprint density at radius 1 is 0.921 bits per heavy atom. The Bertz CT molecular complexity index is 1490. The Labute approximate surface area is 230 Å². The molecule has 3 aromatic carbocycles. The first-order chi connectivity index (χ1) is 18.3. The summed E-state index contributed by atoms with van der Waals surface area (Å²) < 4.78 is 33.7. The van der Waals surface area contributed by atoms with Gasteiger partial charge in [0.2, 0.25) is 5.91 Å². The van der Waals surface area contributed by atoms with Crippen LogP contribution in [0.1, 0.15) is 42.1 Å². The minimum atomic E-state index is -3.78. The van der Waals surface area contributed by atoms with Gasteiger partial charge < -0.3 is 4.74 Å². The van der Waals surface area contributed by atoms with Crippen molar-refractivity contribution in [2.24, 2.45) is 5.92 Å². The molecule has 2 heterocycles. The van der Waals surface area contributed by atoms with E-state index in [1.54, 1.807) is 6.92 Å². The van der Waals surface area contributed by atoms with Gasteiger partial charge in [0.1, 0.15) is 10.5 Å². The third-order valence-corrected chi connectivity index (χ3v) is 11.6. The van der Waals surface area contributed by atoms with E-state index in [-0.39, 0.29) is 17.5 Å². The van der Waals surface area contributed by atoms with Gasteiger partial charge >= 0.3 is 5.97 Å². The highest BCUT2D eigenvalue weighted by Gasteiger charge is 2.65. The van der Waals surface area contributed by atoms with Crippen molar-refractivity contribution in [2.75, 3.05) is 0 Å². The number of carbonyl (C=O) groups excluding carboxylic acids is 2. The molecular formula is C30H26BrNO5S. The monoisotopic (exact) mass is 591 g/mol. The standard InChI is InChI=1S/C30H26BrNO5S/c1-18-25(30(34)37-26(20-13-7-3-8-14-20)21-15-9-4-10-16-21)32-28(33)24(31)29(32)38(35,36)27(18)23-17-22(23)19-11-5-2-6-12-19/h2-16,22-24,26-27,29H,17H2,1H3/t22?,23?,24-,27?,29-/m0/s1. The molecule has 38 heavy (non-hydrogen) atoms. The fraction of sp³-hybridized carbons (Fsp3) is 0.267. The second-order valence-electron chi connectivity index (χ2n) is 10.1. The van der Waals surface area contributed by atoms with Crippen LogP contribution in [0.15, 0.2) is 102 Å². The molecule has 3 aliphatic rings. The second kappa shape index (κ2) is 9.50. The molecule has 1 aliphatic carbocycles. The molecule has 3 aromatic rings. The zero-order valence-corrected chi connectivity index (χ0v) is 23.0. The fourth-order valence-corrected chi connectivity index (χ4v) is 9.91. The number of hydrogen-bond acceptors (Lipinski definition) is 5. The summed E-state index contributed by atoms with van der Waals surface area (Å²) >= 11 is 3.28. The third kappa shape index (κ3) is 4.01. The summed E-state index contributed by atoms with van der Waals surface area (Å²) in [6.45, 7) is 1.66. The maximum Gasteiger partial charge on any atom is 0.356 e. The molecule has 0 bridgehead atoms. The summed E-state index contributed by atoms with van der Waals surface area (Å²) in [6, 6.07) is 28.6. The summed E-state index contributed by atoms with van der Waals surface area (Å²) in [5.41, 5.74) is 3.07. The maximum atomic E-state index is 13.9. The summed E-state index contributed by atoms with van der Waals surface area (Å²) in [6.07, 6.45) is -0.00697. The van der Waals surface area contributed by atoms with Crippen molar-refractivity contribution in [1.29, 1.82) is 0 Å². The number of esters is 1. The number of rotatable bonds is 6. The van der Waals surface area contributed by atoms with E-state index in [4.69, 9.17) is 4.74 Å².